The van der Waals surface area contributed by atoms with Crippen molar-refractivity contribution in [2.24, 2.45) is 0 Å². The van der Waals surface area contributed by atoms with Crippen LogP contribution in [0.4, 0.5) is 5.95 Å². The number of carbonyl (C=O) groups is 1. The van der Waals surface area contributed by atoms with Gasteiger partial charge >= 0.3 is 5.97 Å². The van der Waals surface area contributed by atoms with Crippen molar-refractivity contribution >= 4 is 11.9 Å². The molecule has 0 radical (unpaired) electrons. The van der Waals surface area contributed by atoms with Gasteiger partial charge in [0, 0.05) is 38.3 Å². The first-order valence-electron chi connectivity index (χ1n) is 8.46. The maximum absolute atomic E-state index is 11.0. The van der Waals surface area contributed by atoms with Crippen molar-refractivity contribution in [3.05, 3.63) is 47.7 Å². The maximum Gasteiger partial charge on any atom is 0.320 e. The van der Waals surface area contributed by atoms with E-state index in [1.165, 1.54) is 11.1 Å². The molecule has 3 heterocycles. The summed E-state index contributed by atoms with van der Waals surface area (Å²) in [5.74, 6) is 0.288. The minimum absolute atomic E-state index is 0.189. The number of carboxylic acid groups (broad SMARTS) is 1. The number of anilines is 1. The van der Waals surface area contributed by atoms with Gasteiger partial charge in [-0.15, -0.1) is 0 Å². The molecule has 0 amide bonds. The van der Waals surface area contributed by atoms with Gasteiger partial charge in [-0.05, 0) is 17.5 Å². The highest BCUT2D eigenvalue weighted by atomic mass is 16.5. The minimum atomic E-state index is -0.846. The number of hydrogen-bond acceptors (Lipinski definition) is 6. The zero-order valence-electron chi connectivity index (χ0n) is 13.8. The Kier molecular flexibility index (Phi) is 4.23. The van der Waals surface area contributed by atoms with E-state index in [9.17, 15) is 4.79 Å². The van der Waals surface area contributed by atoms with E-state index in [0.717, 1.165) is 19.5 Å². The summed E-state index contributed by atoms with van der Waals surface area (Å²) < 4.78 is 5.85. The molecule has 0 bridgehead atoms. The molecule has 2 aromatic rings. The highest BCUT2D eigenvalue weighted by Crippen LogP contribution is 2.23. The van der Waals surface area contributed by atoms with Crippen LogP contribution in [-0.4, -0.2) is 46.3 Å². The number of fused-ring (bicyclic) bond motifs is 1. The molecule has 2 aliphatic heterocycles. The summed E-state index contributed by atoms with van der Waals surface area (Å²) in [6, 6.07) is 9.59. The molecule has 2 N–H and O–H groups in total. The van der Waals surface area contributed by atoms with Gasteiger partial charge in [0.2, 0.25) is 11.8 Å². The SMILES string of the molecule is O=C(O)C1CC(Oc2ccnc(N3CCc4ccccc4C3)n2)CN1. The Morgan fingerprint density at radius 3 is 2.92 bits per heavy atom. The average molecular weight is 340 g/mol. The Labute approximate surface area is 145 Å². The Balaban J connectivity index is 1.45. The molecule has 2 aliphatic rings. The van der Waals surface area contributed by atoms with Gasteiger partial charge in [-0.1, -0.05) is 24.3 Å². The standard InChI is InChI=1S/C18H20N4O3/c23-17(24)15-9-14(10-20-15)25-16-5-7-19-18(21-16)22-8-6-12-3-1-2-4-13(12)11-22/h1-5,7,14-15,20H,6,8-11H2,(H,23,24). The summed E-state index contributed by atoms with van der Waals surface area (Å²) >= 11 is 0. The second-order valence-corrected chi connectivity index (χ2v) is 6.41. The van der Waals surface area contributed by atoms with E-state index in [0.29, 0.717) is 24.8 Å². The van der Waals surface area contributed by atoms with Crippen molar-refractivity contribution < 1.29 is 14.6 Å². The van der Waals surface area contributed by atoms with Gasteiger partial charge in [-0.3, -0.25) is 4.79 Å². The Hall–Kier alpha value is -2.67. The Morgan fingerprint density at radius 2 is 2.12 bits per heavy atom. The lowest BCUT2D eigenvalue weighted by atomic mass is 10.0. The fraction of sp³-hybridized carbons (Fsp3) is 0.389. The first kappa shape index (κ1) is 15.8. The van der Waals surface area contributed by atoms with Gasteiger partial charge < -0.3 is 20.1 Å². The van der Waals surface area contributed by atoms with Crippen LogP contribution >= 0.6 is 0 Å². The molecular formula is C18H20N4O3. The van der Waals surface area contributed by atoms with E-state index in [4.69, 9.17) is 9.84 Å². The van der Waals surface area contributed by atoms with Crippen molar-refractivity contribution in [3.8, 4) is 5.88 Å². The van der Waals surface area contributed by atoms with Crippen LogP contribution in [0.5, 0.6) is 5.88 Å². The van der Waals surface area contributed by atoms with E-state index in [2.05, 4.69) is 44.5 Å². The van der Waals surface area contributed by atoms with Crippen LogP contribution in [0.3, 0.4) is 0 Å². The highest BCUT2D eigenvalue weighted by Gasteiger charge is 2.30. The quantitative estimate of drug-likeness (QED) is 0.865. The third-order valence-corrected chi connectivity index (χ3v) is 4.71. The van der Waals surface area contributed by atoms with Gasteiger partial charge in [0.15, 0.2) is 0 Å². The van der Waals surface area contributed by atoms with E-state index < -0.39 is 12.0 Å². The van der Waals surface area contributed by atoms with E-state index in [1.807, 2.05) is 0 Å². The summed E-state index contributed by atoms with van der Waals surface area (Å²) in [6.07, 6.45) is 2.91. The van der Waals surface area contributed by atoms with E-state index in [1.54, 1.807) is 12.3 Å². The number of hydrogen-bond donors (Lipinski definition) is 2. The van der Waals surface area contributed by atoms with E-state index >= 15 is 0 Å². The smallest absolute Gasteiger partial charge is 0.320 e. The van der Waals surface area contributed by atoms with Crippen LogP contribution in [0, 0.1) is 0 Å². The molecule has 4 rings (SSSR count). The maximum atomic E-state index is 11.0. The lowest BCUT2D eigenvalue weighted by Crippen LogP contribution is -2.31. The van der Waals surface area contributed by atoms with Crippen molar-refractivity contribution in [3.63, 3.8) is 0 Å². The molecule has 130 valence electrons. The topological polar surface area (TPSA) is 87.6 Å². The third kappa shape index (κ3) is 3.41. The first-order chi connectivity index (χ1) is 12.2. The average Bonchev–Trinajstić information content (AvgIpc) is 3.10. The molecule has 1 aromatic heterocycles. The molecule has 0 aliphatic carbocycles. The predicted octanol–water partition coefficient (Wildman–Crippen LogP) is 1.23. The molecule has 0 spiro atoms. The van der Waals surface area contributed by atoms with Crippen LogP contribution in [0.2, 0.25) is 0 Å². The van der Waals surface area contributed by atoms with Crippen molar-refractivity contribution in [2.45, 2.75) is 31.5 Å². The van der Waals surface area contributed by atoms with E-state index in [-0.39, 0.29) is 6.10 Å². The number of carboxylic acids is 1. The fourth-order valence-electron chi connectivity index (χ4n) is 3.37. The summed E-state index contributed by atoms with van der Waals surface area (Å²) in [5, 5.41) is 12.0. The number of aliphatic carboxylic acids is 1. The van der Waals surface area contributed by atoms with Crippen LogP contribution in [0.25, 0.3) is 0 Å². The normalized spacial score (nSPS) is 22.5. The fourth-order valence-corrected chi connectivity index (χ4v) is 3.37. The number of nitrogens with one attached hydrogen (secondary N) is 1. The number of benzene rings is 1. The molecule has 7 nitrogen and oxygen atoms in total. The first-order valence-corrected chi connectivity index (χ1v) is 8.46. The van der Waals surface area contributed by atoms with Gasteiger partial charge in [-0.25, -0.2) is 4.98 Å². The number of ether oxygens (including phenoxy) is 1. The lowest BCUT2D eigenvalue weighted by molar-refractivity contribution is -0.139. The second-order valence-electron chi connectivity index (χ2n) is 6.41. The van der Waals surface area contributed by atoms with Gasteiger partial charge in [0.05, 0.1) is 0 Å². The number of nitrogens with zero attached hydrogens (tertiary/aromatic N) is 3. The summed E-state index contributed by atoms with van der Waals surface area (Å²) in [6.45, 7) is 2.16. The predicted molar refractivity (Wildman–Crippen MR) is 91.7 cm³/mol. The summed E-state index contributed by atoms with van der Waals surface area (Å²) in [4.78, 5) is 22.1. The second kappa shape index (κ2) is 6.68. The Morgan fingerprint density at radius 1 is 1.28 bits per heavy atom. The van der Waals surface area contributed by atoms with Crippen molar-refractivity contribution in [2.75, 3.05) is 18.0 Å². The molecule has 1 aromatic carbocycles. The lowest BCUT2D eigenvalue weighted by Gasteiger charge is -2.29. The molecular weight excluding hydrogens is 320 g/mol. The molecule has 0 saturated carbocycles. The monoisotopic (exact) mass is 340 g/mol. The number of aromatic nitrogens is 2. The van der Waals surface area contributed by atoms with Gasteiger partial charge in [-0.2, -0.15) is 4.98 Å². The van der Waals surface area contributed by atoms with Crippen LogP contribution in [0.15, 0.2) is 36.5 Å². The highest BCUT2D eigenvalue weighted by molar-refractivity contribution is 5.73. The molecule has 25 heavy (non-hydrogen) atoms. The zero-order valence-corrected chi connectivity index (χ0v) is 13.8. The molecule has 2 atom stereocenters. The molecule has 1 saturated heterocycles. The zero-order chi connectivity index (χ0) is 17.2. The number of rotatable bonds is 4. The largest absolute Gasteiger partial charge is 0.480 e. The van der Waals surface area contributed by atoms with Gasteiger partial charge in [0.25, 0.3) is 0 Å². The van der Waals surface area contributed by atoms with Crippen LogP contribution in [0.1, 0.15) is 17.5 Å². The van der Waals surface area contributed by atoms with Crippen molar-refractivity contribution in [1.29, 1.82) is 0 Å². The molecule has 1 fully saturated rings. The summed E-state index contributed by atoms with van der Waals surface area (Å²) in [5.41, 5.74) is 2.68. The van der Waals surface area contributed by atoms with Gasteiger partial charge in [0.1, 0.15) is 12.1 Å². The minimum Gasteiger partial charge on any atom is -0.480 e. The van der Waals surface area contributed by atoms with Crippen LogP contribution in [-0.2, 0) is 17.8 Å². The van der Waals surface area contributed by atoms with Crippen molar-refractivity contribution in [1.82, 2.24) is 15.3 Å². The Bertz CT molecular complexity index is 782. The van der Waals surface area contributed by atoms with Crippen LogP contribution < -0.4 is 15.0 Å². The molecule has 7 heteroatoms. The molecule has 2 unspecified atom stereocenters. The third-order valence-electron chi connectivity index (χ3n) is 4.71. The summed E-state index contributed by atoms with van der Waals surface area (Å²) in [7, 11) is 0.